The van der Waals surface area contributed by atoms with Gasteiger partial charge in [-0.2, -0.15) is 0 Å². The van der Waals surface area contributed by atoms with Gasteiger partial charge in [0.25, 0.3) is 0 Å². The van der Waals surface area contributed by atoms with Crippen LogP contribution in [0.2, 0.25) is 0 Å². The number of fused-ring (bicyclic) bond motifs is 1. The van der Waals surface area contributed by atoms with Gasteiger partial charge in [0.1, 0.15) is 0 Å². The molecule has 0 aliphatic heterocycles. The van der Waals surface area contributed by atoms with Crippen LogP contribution >= 0.6 is 11.3 Å². The third-order valence-corrected chi connectivity index (χ3v) is 3.85. The Morgan fingerprint density at radius 1 is 1.22 bits per heavy atom. The van der Waals surface area contributed by atoms with Crippen molar-refractivity contribution in [3.8, 4) is 0 Å². The molecule has 1 unspecified atom stereocenters. The Kier molecular flexibility index (Phi) is 3.02. The molecule has 0 spiro atoms. The summed E-state index contributed by atoms with van der Waals surface area (Å²) in [6.45, 7) is 0. The zero-order valence-corrected chi connectivity index (χ0v) is 10.4. The molecule has 3 aromatic rings. The van der Waals surface area contributed by atoms with Crippen molar-refractivity contribution in [2.45, 2.75) is 6.04 Å². The molecule has 0 aliphatic carbocycles. The van der Waals surface area contributed by atoms with E-state index in [9.17, 15) is 0 Å². The Bertz CT molecular complexity index is 650. The van der Waals surface area contributed by atoms with Crippen molar-refractivity contribution >= 4 is 21.4 Å². The maximum Gasteiger partial charge on any atom is 0.0910 e. The van der Waals surface area contributed by atoms with E-state index in [1.165, 1.54) is 10.1 Å². The summed E-state index contributed by atoms with van der Waals surface area (Å²) in [4.78, 5) is 8.41. The van der Waals surface area contributed by atoms with Crippen molar-refractivity contribution in [2.24, 2.45) is 5.84 Å². The Morgan fingerprint density at radius 2 is 2.17 bits per heavy atom. The molecule has 0 bridgehead atoms. The average Bonchev–Trinajstić information content (AvgIpc) is 2.90. The lowest BCUT2D eigenvalue weighted by Gasteiger charge is -2.16. The first kappa shape index (κ1) is 11.3. The van der Waals surface area contributed by atoms with Gasteiger partial charge in [0, 0.05) is 17.1 Å². The first-order chi connectivity index (χ1) is 8.90. The van der Waals surface area contributed by atoms with Gasteiger partial charge in [-0.3, -0.25) is 15.8 Å². The van der Waals surface area contributed by atoms with Crippen LogP contribution in [-0.2, 0) is 0 Å². The fraction of sp³-hybridized carbons (Fsp3) is 0.0769. The zero-order valence-electron chi connectivity index (χ0n) is 9.58. The molecule has 0 saturated heterocycles. The van der Waals surface area contributed by atoms with Gasteiger partial charge in [0.2, 0.25) is 0 Å². The van der Waals surface area contributed by atoms with Crippen LogP contribution in [0.25, 0.3) is 10.1 Å². The summed E-state index contributed by atoms with van der Waals surface area (Å²) in [5, 5.41) is 3.31. The van der Waals surface area contributed by atoms with Gasteiger partial charge in [-0.15, -0.1) is 11.3 Å². The first-order valence-electron chi connectivity index (χ1n) is 5.58. The molecule has 0 saturated carbocycles. The molecule has 0 aliphatic rings. The van der Waals surface area contributed by atoms with Crippen molar-refractivity contribution in [3.63, 3.8) is 0 Å². The van der Waals surface area contributed by atoms with Gasteiger partial charge in [0.05, 0.1) is 17.9 Å². The summed E-state index contributed by atoms with van der Waals surface area (Å²) in [6.07, 6.45) is 5.06. The molecule has 18 heavy (non-hydrogen) atoms. The normalized spacial score (nSPS) is 12.7. The number of aromatic nitrogens is 2. The van der Waals surface area contributed by atoms with Crippen LogP contribution in [0, 0.1) is 0 Å². The predicted molar refractivity (Wildman–Crippen MR) is 73.0 cm³/mol. The summed E-state index contributed by atoms with van der Waals surface area (Å²) in [7, 11) is 0. The highest BCUT2D eigenvalue weighted by Gasteiger charge is 2.16. The largest absolute Gasteiger partial charge is 0.271 e. The summed E-state index contributed by atoms with van der Waals surface area (Å²) >= 11 is 1.71. The van der Waals surface area contributed by atoms with Crippen LogP contribution in [0.5, 0.6) is 0 Å². The molecule has 0 fully saturated rings. The van der Waals surface area contributed by atoms with Crippen LogP contribution in [-0.4, -0.2) is 9.97 Å². The van der Waals surface area contributed by atoms with Crippen molar-refractivity contribution < 1.29 is 0 Å². The van der Waals surface area contributed by atoms with Gasteiger partial charge in [0.15, 0.2) is 0 Å². The minimum absolute atomic E-state index is 0.138. The predicted octanol–water partition coefficient (Wildman–Crippen LogP) is 2.24. The number of benzene rings is 1. The van der Waals surface area contributed by atoms with Crippen LogP contribution in [0.15, 0.2) is 48.2 Å². The van der Waals surface area contributed by atoms with Crippen LogP contribution < -0.4 is 11.3 Å². The van der Waals surface area contributed by atoms with E-state index in [0.29, 0.717) is 0 Å². The summed E-state index contributed by atoms with van der Waals surface area (Å²) in [6, 6.07) is 8.16. The van der Waals surface area contributed by atoms with E-state index in [1.807, 2.05) is 6.07 Å². The number of hydrogen-bond acceptors (Lipinski definition) is 5. The van der Waals surface area contributed by atoms with E-state index < -0.39 is 0 Å². The topological polar surface area (TPSA) is 63.8 Å². The molecule has 5 heteroatoms. The Labute approximate surface area is 108 Å². The molecule has 1 aromatic carbocycles. The monoisotopic (exact) mass is 256 g/mol. The summed E-state index contributed by atoms with van der Waals surface area (Å²) in [5.74, 6) is 5.68. The molecule has 4 nitrogen and oxygen atoms in total. The molecular formula is C13H12N4S. The van der Waals surface area contributed by atoms with E-state index in [1.54, 1.807) is 29.9 Å². The fourth-order valence-corrected chi connectivity index (χ4v) is 2.98. The van der Waals surface area contributed by atoms with Gasteiger partial charge >= 0.3 is 0 Å². The molecule has 90 valence electrons. The standard InChI is InChI=1S/C13H12N4S/c14-17-12(11-8-15-5-6-16-11)10-3-1-2-9-4-7-18-13(9)10/h1-8,12,17H,14H2. The van der Waals surface area contributed by atoms with Gasteiger partial charge in [-0.05, 0) is 22.4 Å². The zero-order chi connectivity index (χ0) is 12.4. The third-order valence-electron chi connectivity index (χ3n) is 2.87. The number of thiophene rings is 1. The van der Waals surface area contributed by atoms with E-state index in [4.69, 9.17) is 5.84 Å². The second-order valence-electron chi connectivity index (χ2n) is 3.92. The first-order valence-corrected chi connectivity index (χ1v) is 6.46. The Hall–Kier alpha value is -1.82. The molecule has 0 amide bonds. The van der Waals surface area contributed by atoms with Crippen molar-refractivity contribution in [1.29, 1.82) is 0 Å². The fourth-order valence-electron chi connectivity index (χ4n) is 2.04. The summed E-state index contributed by atoms with van der Waals surface area (Å²) in [5.41, 5.74) is 4.77. The van der Waals surface area contributed by atoms with E-state index >= 15 is 0 Å². The van der Waals surface area contributed by atoms with Gasteiger partial charge in [-0.25, -0.2) is 5.43 Å². The van der Waals surface area contributed by atoms with Gasteiger partial charge in [-0.1, -0.05) is 18.2 Å². The number of nitrogens with zero attached hydrogens (tertiary/aromatic N) is 2. The van der Waals surface area contributed by atoms with Crippen LogP contribution in [0.1, 0.15) is 17.3 Å². The van der Waals surface area contributed by atoms with E-state index in [2.05, 4.69) is 39.0 Å². The molecule has 0 radical (unpaired) electrons. The van der Waals surface area contributed by atoms with Crippen molar-refractivity contribution in [1.82, 2.24) is 15.4 Å². The molecular weight excluding hydrogens is 244 g/mol. The molecule has 2 heterocycles. The number of nitrogens with one attached hydrogen (secondary N) is 1. The minimum atomic E-state index is -0.138. The average molecular weight is 256 g/mol. The molecule has 3 N–H and O–H groups in total. The van der Waals surface area contributed by atoms with E-state index in [-0.39, 0.29) is 6.04 Å². The lowest BCUT2D eigenvalue weighted by Crippen LogP contribution is -2.29. The second-order valence-corrected chi connectivity index (χ2v) is 4.83. The quantitative estimate of drug-likeness (QED) is 0.557. The molecule has 2 aromatic heterocycles. The van der Waals surface area contributed by atoms with Crippen LogP contribution in [0.3, 0.4) is 0 Å². The summed E-state index contributed by atoms with van der Waals surface area (Å²) < 4.78 is 1.23. The number of hydrogen-bond donors (Lipinski definition) is 2. The smallest absolute Gasteiger partial charge is 0.0910 e. The number of hydrazine groups is 1. The number of nitrogens with two attached hydrogens (primary N) is 1. The number of rotatable bonds is 3. The second kappa shape index (κ2) is 4.81. The highest BCUT2D eigenvalue weighted by molar-refractivity contribution is 7.17. The lowest BCUT2D eigenvalue weighted by molar-refractivity contribution is 0.622. The van der Waals surface area contributed by atoms with Crippen molar-refractivity contribution in [3.05, 3.63) is 59.5 Å². The van der Waals surface area contributed by atoms with Crippen LogP contribution in [0.4, 0.5) is 0 Å². The van der Waals surface area contributed by atoms with Gasteiger partial charge < -0.3 is 0 Å². The molecule has 3 rings (SSSR count). The highest BCUT2D eigenvalue weighted by Crippen LogP contribution is 2.30. The lowest BCUT2D eigenvalue weighted by atomic mass is 10.0. The maximum atomic E-state index is 5.68. The Balaban J connectivity index is 2.15. The SMILES string of the molecule is NNC(c1cnccn1)c1cccc2ccsc12. The Morgan fingerprint density at radius 3 is 2.94 bits per heavy atom. The molecule has 1 atom stereocenters. The highest BCUT2D eigenvalue weighted by atomic mass is 32.1. The maximum absolute atomic E-state index is 5.68. The third kappa shape index (κ3) is 1.88. The van der Waals surface area contributed by atoms with Crippen molar-refractivity contribution in [2.75, 3.05) is 0 Å². The minimum Gasteiger partial charge on any atom is -0.271 e. The van der Waals surface area contributed by atoms with E-state index in [0.717, 1.165) is 11.3 Å².